The largest absolute Gasteiger partial charge is 0.484 e. The van der Waals surface area contributed by atoms with Crippen LogP contribution in [0.1, 0.15) is 26.7 Å². The number of likely N-dealkylation sites (N-methyl/N-ethyl adjacent to an activating group) is 1. The SMILES string of the molecule is CCNC(=O)COc1ccc(NC(=O)[C@H]2CCN[C@@H](C)C2)cc1. The highest BCUT2D eigenvalue weighted by molar-refractivity contribution is 5.92. The highest BCUT2D eigenvalue weighted by Crippen LogP contribution is 2.20. The van der Waals surface area contributed by atoms with Gasteiger partial charge in [-0.1, -0.05) is 0 Å². The van der Waals surface area contributed by atoms with Gasteiger partial charge in [-0.05, 0) is 57.5 Å². The number of piperidine rings is 1. The van der Waals surface area contributed by atoms with Gasteiger partial charge in [0.15, 0.2) is 6.61 Å². The molecule has 1 aromatic carbocycles. The second-order valence-electron chi connectivity index (χ2n) is 5.83. The first kappa shape index (κ1) is 17.3. The second-order valence-corrected chi connectivity index (χ2v) is 5.83. The van der Waals surface area contributed by atoms with E-state index in [2.05, 4.69) is 22.9 Å². The third-order valence-corrected chi connectivity index (χ3v) is 3.86. The minimum atomic E-state index is -0.148. The predicted octanol–water partition coefficient (Wildman–Crippen LogP) is 1.53. The van der Waals surface area contributed by atoms with E-state index in [1.807, 2.05) is 6.92 Å². The van der Waals surface area contributed by atoms with Crippen LogP contribution in [-0.4, -0.2) is 37.6 Å². The van der Waals surface area contributed by atoms with Gasteiger partial charge in [-0.25, -0.2) is 0 Å². The normalized spacial score (nSPS) is 20.6. The maximum Gasteiger partial charge on any atom is 0.257 e. The zero-order valence-electron chi connectivity index (χ0n) is 13.7. The predicted molar refractivity (Wildman–Crippen MR) is 89.4 cm³/mol. The number of carbonyl (C=O) groups is 2. The molecular weight excluding hydrogens is 294 g/mol. The molecule has 23 heavy (non-hydrogen) atoms. The van der Waals surface area contributed by atoms with Gasteiger partial charge in [-0.3, -0.25) is 9.59 Å². The number of hydrogen-bond donors (Lipinski definition) is 3. The van der Waals surface area contributed by atoms with Crippen LogP contribution in [0.4, 0.5) is 5.69 Å². The summed E-state index contributed by atoms with van der Waals surface area (Å²) in [6.07, 6.45) is 1.73. The lowest BCUT2D eigenvalue weighted by Gasteiger charge is -2.27. The van der Waals surface area contributed by atoms with Crippen molar-refractivity contribution in [2.24, 2.45) is 5.92 Å². The molecule has 0 radical (unpaired) electrons. The molecule has 6 nitrogen and oxygen atoms in total. The molecule has 0 aliphatic carbocycles. The maximum atomic E-state index is 12.3. The first-order valence-corrected chi connectivity index (χ1v) is 8.12. The average Bonchev–Trinajstić information content (AvgIpc) is 2.54. The molecule has 1 aromatic rings. The number of anilines is 1. The first-order valence-electron chi connectivity index (χ1n) is 8.12. The minimum absolute atomic E-state index is 0.00743. The Kier molecular flexibility index (Phi) is 6.40. The summed E-state index contributed by atoms with van der Waals surface area (Å²) in [5.41, 5.74) is 0.742. The van der Waals surface area contributed by atoms with E-state index in [9.17, 15) is 9.59 Å². The van der Waals surface area contributed by atoms with Crippen molar-refractivity contribution in [3.05, 3.63) is 24.3 Å². The molecule has 0 spiro atoms. The van der Waals surface area contributed by atoms with Gasteiger partial charge >= 0.3 is 0 Å². The summed E-state index contributed by atoms with van der Waals surface area (Å²) in [7, 11) is 0. The van der Waals surface area contributed by atoms with Crippen LogP contribution in [-0.2, 0) is 9.59 Å². The van der Waals surface area contributed by atoms with Gasteiger partial charge in [0.2, 0.25) is 5.91 Å². The van der Waals surface area contributed by atoms with Gasteiger partial charge in [0, 0.05) is 24.2 Å². The van der Waals surface area contributed by atoms with Gasteiger partial charge in [-0.15, -0.1) is 0 Å². The molecular formula is C17H25N3O3. The van der Waals surface area contributed by atoms with Crippen LogP contribution in [0.3, 0.4) is 0 Å². The topological polar surface area (TPSA) is 79.5 Å². The summed E-state index contributed by atoms with van der Waals surface area (Å²) < 4.78 is 5.38. The minimum Gasteiger partial charge on any atom is -0.484 e. The molecule has 0 aromatic heterocycles. The highest BCUT2D eigenvalue weighted by Gasteiger charge is 2.24. The summed E-state index contributed by atoms with van der Waals surface area (Å²) in [6, 6.07) is 7.45. The molecule has 3 N–H and O–H groups in total. The van der Waals surface area contributed by atoms with Gasteiger partial charge in [0.05, 0.1) is 0 Å². The highest BCUT2D eigenvalue weighted by atomic mass is 16.5. The van der Waals surface area contributed by atoms with Crippen molar-refractivity contribution in [3.8, 4) is 5.75 Å². The molecule has 6 heteroatoms. The molecule has 1 heterocycles. The Labute approximate surface area is 137 Å². The van der Waals surface area contributed by atoms with Crippen molar-refractivity contribution < 1.29 is 14.3 Å². The van der Waals surface area contributed by atoms with E-state index in [-0.39, 0.29) is 24.3 Å². The van der Waals surface area contributed by atoms with E-state index in [0.717, 1.165) is 25.1 Å². The molecule has 1 saturated heterocycles. The monoisotopic (exact) mass is 319 g/mol. The number of amides is 2. The van der Waals surface area contributed by atoms with Crippen molar-refractivity contribution in [1.82, 2.24) is 10.6 Å². The van der Waals surface area contributed by atoms with Gasteiger partial charge < -0.3 is 20.7 Å². The molecule has 0 bridgehead atoms. The standard InChI is InChI=1S/C17H25N3O3/c1-3-18-16(21)11-23-15-6-4-14(5-7-15)20-17(22)13-8-9-19-12(2)10-13/h4-7,12-13,19H,3,8-11H2,1-2H3,(H,18,21)(H,20,22)/t12-,13-/m0/s1. The lowest BCUT2D eigenvalue weighted by Crippen LogP contribution is -2.40. The molecule has 0 unspecified atom stereocenters. The van der Waals surface area contributed by atoms with Crippen molar-refractivity contribution >= 4 is 17.5 Å². The number of benzene rings is 1. The van der Waals surface area contributed by atoms with Crippen molar-refractivity contribution in [2.45, 2.75) is 32.7 Å². The summed E-state index contributed by atoms with van der Waals surface area (Å²) in [4.78, 5) is 23.6. The summed E-state index contributed by atoms with van der Waals surface area (Å²) >= 11 is 0. The molecule has 1 aliphatic heterocycles. The van der Waals surface area contributed by atoms with Crippen LogP contribution < -0.4 is 20.7 Å². The molecule has 2 rings (SSSR count). The third-order valence-electron chi connectivity index (χ3n) is 3.86. The number of carbonyl (C=O) groups excluding carboxylic acids is 2. The van der Waals surface area contributed by atoms with E-state index in [1.165, 1.54) is 0 Å². The summed E-state index contributed by atoms with van der Waals surface area (Å²) in [5, 5.41) is 8.95. The molecule has 2 amide bonds. The fraction of sp³-hybridized carbons (Fsp3) is 0.529. The molecule has 126 valence electrons. The van der Waals surface area contributed by atoms with Crippen LogP contribution >= 0.6 is 0 Å². The zero-order valence-corrected chi connectivity index (χ0v) is 13.7. The Morgan fingerprint density at radius 2 is 2.04 bits per heavy atom. The van der Waals surface area contributed by atoms with Gasteiger partial charge in [0.25, 0.3) is 5.91 Å². The van der Waals surface area contributed by atoms with E-state index >= 15 is 0 Å². The van der Waals surface area contributed by atoms with Gasteiger partial charge in [-0.2, -0.15) is 0 Å². The van der Waals surface area contributed by atoms with E-state index in [0.29, 0.717) is 18.3 Å². The summed E-state index contributed by atoms with van der Waals surface area (Å²) in [5.74, 6) is 0.573. The van der Waals surface area contributed by atoms with Crippen LogP contribution in [0.5, 0.6) is 5.75 Å². The van der Waals surface area contributed by atoms with Crippen molar-refractivity contribution in [1.29, 1.82) is 0 Å². The number of hydrogen-bond acceptors (Lipinski definition) is 4. The van der Waals surface area contributed by atoms with Crippen LogP contribution in [0, 0.1) is 5.92 Å². The molecule has 1 aliphatic rings. The Morgan fingerprint density at radius 3 is 2.70 bits per heavy atom. The van der Waals surface area contributed by atoms with Crippen LogP contribution in [0.25, 0.3) is 0 Å². The average molecular weight is 319 g/mol. The molecule has 1 fully saturated rings. The number of nitrogens with one attached hydrogen (secondary N) is 3. The lowest BCUT2D eigenvalue weighted by molar-refractivity contribution is -0.123. The van der Waals surface area contributed by atoms with Crippen molar-refractivity contribution in [2.75, 3.05) is 25.0 Å². The second kappa shape index (κ2) is 8.53. The van der Waals surface area contributed by atoms with Crippen LogP contribution in [0.15, 0.2) is 24.3 Å². The molecule has 0 saturated carbocycles. The molecule has 2 atom stereocenters. The fourth-order valence-corrected chi connectivity index (χ4v) is 2.65. The zero-order chi connectivity index (χ0) is 16.7. The van der Waals surface area contributed by atoms with Gasteiger partial charge in [0.1, 0.15) is 5.75 Å². The van der Waals surface area contributed by atoms with Crippen LogP contribution in [0.2, 0.25) is 0 Å². The smallest absolute Gasteiger partial charge is 0.257 e. The Bertz CT molecular complexity index is 530. The quantitative estimate of drug-likeness (QED) is 0.743. The lowest BCUT2D eigenvalue weighted by atomic mass is 9.92. The van der Waals surface area contributed by atoms with E-state index in [1.54, 1.807) is 24.3 Å². The van der Waals surface area contributed by atoms with E-state index < -0.39 is 0 Å². The number of rotatable bonds is 6. The Balaban J connectivity index is 1.82. The maximum absolute atomic E-state index is 12.3. The van der Waals surface area contributed by atoms with Crippen molar-refractivity contribution in [3.63, 3.8) is 0 Å². The number of ether oxygens (including phenoxy) is 1. The summed E-state index contributed by atoms with van der Waals surface area (Å²) in [6.45, 7) is 5.42. The van der Waals surface area contributed by atoms with E-state index in [4.69, 9.17) is 4.74 Å². The Morgan fingerprint density at radius 1 is 1.30 bits per heavy atom. The Hall–Kier alpha value is -2.08. The third kappa shape index (κ3) is 5.56. The fourth-order valence-electron chi connectivity index (χ4n) is 2.65. The first-order chi connectivity index (χ1) is 11.1.